The number of allylic oxidation sites excluding steroid dienone is 6. The Kier molecular flexibility index (Phi) is 69.8. The van der Waals surface area contributed by atoms with Crippen LogP contribution in [0.25, 0.3) is 0 Å². The van der Waals surface area contributed by atoms with Crippen molar-refractivity contribution in [2.24, 2.45) is 0 Å². The van der Waals surface area contributed by atoms with E-state index in [1.165, 1.54) is 212 Å². The molecule has 0 aliphatic rings. The van der Waals surface area contributed by atoms with Gasteiger partial charge in [0, 0.05) is 19.3 Å². The lowest BCUT2D eigenvalue weighted by Gasteiger charge is -1.99. The second-order valence-electron chi connectivity index (χ2n) is 17.5. The summed E-state index contributed by atoms with van der Waals surface area (Å²) < 4.78 is 0. The van der Waals surface area contributed by atoms with Crippen molar-refractivity contribution in [1.82, 2.24) is 0 Å². The van der Waals surface area contributed by atoms with Gasteiger partial charge in [0.2, 0.25) is 0 Å². The minimum absolute atomic E-state index is 0.332. The van der Waals surface area contributed by atoms with Crippen molar-refractivity contribution in [3.8, 4) is 0 Å². The standard InChI is InChI=1S/3C18H34O2.H3O3P/c3*1-2-3-4-5-6-7-8-9-10-11-12-13-14-15-16-17-18(19)20;1-4(2)3/h3*9-10H,2-8,11-17H2,1H3,(H,19,20);1-3H/b3*10-9-;. The molecule has 6 N–H and O–H groups in total. The average Bonchev–Trinajstić information content (AvgIpc) is 3.25. The number of hydrogen-bond acceptors (Lipinski definition) is 6. The maximum Gasteiger partial charge on any atom is 0.324 e. The molecule has 10 heteroatoms. The van der Waals surface area contributed by atoms with E-state index < -0.39 is 26.5 Å². The van der Waals surface area contributed by atoms with Gasteiger partial charge in [0.05, 0.1) is 0 Å². The van der Waals surface area contributed by atoms with E-state index in [-0.39, 0.29) is 0 Å². The molecule has 0 aromatic rings. The van der Waals surface area contributed by atoms with Crippen LogP contribution in [0.5, 0.6) is 0 Å². The minimum atomic E-state index is -2.62. The fourth-order valence-corrected chi connectivity index (χ4v) is 7.04. The van der Waals surface area contributed by atoms with Crippen LogP contribution in [0.2, 0.25) is 0 Å². The molecule has 0 aromatic carbocycles. The van der Waals surface area contributed by atoms with Gasteiger partial charge in [-0.15, -0.1) is 0 Å². The van der Waals surface area contributed by atoms with Crippen molar-refractivity contribution in [1.29, 1.82) is 0 Å². The van der Waals surface area contributed by atoms with Gasteiger partial charge in [0.25, 0.3) is 0 Å². The Morgan fingerprint density at radius 1 is 0.281 bits per heavy atom. The molecule has 0 saturated carbocycles. The molecule has 0 aromatic heterocycles. The molecule has 0 unspecified atom stereocenters. The van der Waals surface area contributed by atoms with Crippen molar-refractivity contribution in [3.63, 3.8) is 0 Å². The van der Waals surface area contributed by atoms with E-state index in [0.717, 1.165) is 38.5 Å². The van der Waals surface area contributed by atoms with Crippen LogP contribution in [0.15, 0.2) is 36.5 Å². The molecule has 0 atom stereocenters. The van der Waals surface area contributed by atoms with Gasteiger partial charge in [-0.3, -0.25) is 14.4 Å². The van der Waals surface area contributed by atoms with Crippen molar-refractivity contribution in [2.75, 3.05) is 0 Å². The third kappa shape index (κ3) is 86.9. The SMILES string of the molecule is CCCCCCCC/C=C\CCCCCCCC(=O)O.CCCCCCCC/C=C\CCCCCCCC(=O)O.CCCCCCCC/C=C\CCCCCCCC(=O)O.OP(O)O. The first kappa shape index (κ1) is 68.5. The van der Waals surface area contributed by atoms with Crippen LogP contribution in [-0.4, -0.2) is 47.9 Å². The Bertz CT molecular complexity index is 878. The van der Waals surface area contributed by atoms with Crippen molar-refractivity contribution in [2.45, 2.75) is 290 Å². The van der Waals surface area contributed by atoms with E-state index in [2.05, 4.69) is 57.2 Å². The highest BCUT2D eigenvalue weighted by atomic mass is 31.2. The summed E-state index contributed by atoms with van der Waals surface area (Å²) in [4.78, 5) is 52.7. The molecule has 0 spiro atoms. The van der Waals surface area contributed by atoms with Gasteiger partial charge in [0.15, 0.2) is 0 Å². The molecule has 0 amide bonds. The van der Waals surface area contributed by atoms with E-state index in [4.69, 9.17) is 30.0 Å². The van der Waals surface area contributed by atoms with Gasteiger partial charge in [-0.2, -0.15) is 0 Å². The summed E-state index contributed by atoms with van der Waals surface area (Å²) in [6.45, 7) is 6.78. The highest BCUT2D eigenvalue weighted by molar-refractivity contribution is 7.38. The van der Waals surface area contributed by atoms with Crippen LogP contribution in [-0.2, 0) is 14.4 Å². The first-order chi connectivity index (χ1) is 31.0. The number of carbonyl (C=O) groups is 3. The zero-order valence-electron chi connectivity index (χ0n) is 42.0. The lowest BCUT2D eigenvalue weighted by Crippen LogP contribution is -1.93. The lowest BCUT2D eigenvalue weighted by atomic mass is 10.1. The molecule has 0 aliphatic heterocycles. The number of unbranched alkanes of at least 4 members (excludes halogenated alkanes) is 33. The molecule has 0 rings (SSSR count). The molecule has 0 radical (unpaired) electrons. The van der Waals surface area contributed by atoms with Gasteiger partial charge in [-0.25, -0.2) is 0 Å². The van der Waals surface area contributed by atoms with Crippen molar-refractivity contribution >= 4 is 26.5 Å². The highest BCUT2D eigenvalue weighted by Gasteiger charge is 1.98. The number of hydrogen-bond donors (Lipinski definition) is 6. The summed E-state index contributed by atoms with van der Waals surface area (Å²) in [7, 11) is -2.62. The molecule has 9 nitrogen and oxygen atoms in total. The molecule has 0 bridgehead atoms. The molecule has 0 heterocycles. The zero-order chi connectivity index (χ0) is 48.3. The summed E-state index contributed by atoms with van der Waals surface area (Å²) in [6, 6.07) is 0. The summed E-state index contributed by atoms with van der Waals surface area (Å²) in [5.74, 6) is -1.99. The molecule has 0 fully saturated rings. The summed E-state index contributed by atoms with van der Waals surface area (Å²) in [6.07, 6.45) is 63.7. The number of carboxylic acid groups (broad SMARTS) is 3. The first-order valence-electron chi connectivity index (χ1n) is 26.5. The lowest BCUT2D eigenvalue weighted by molar-refractivity contribution is -0.138. The largest absolute Gasteiger partial charge is 0.481 e. The number of rotatable bonds is 45. The Labute approximate surface area is 396 Å². The van der Waals surface area contributed by atoms with Crippen LogP contribution >= 0.6 is 8.60 Å². The Hall–Kier alpha value is -2.06. The molecule has 0 aliphatic carbocycles. The van der Waals surface area contributed by atoms with Crippen LogP contribution < -0.4 is 0 Å². The molecular formula is C54H105O9P. The van der Waals surface area contributed by atoms with E-state index in [0.29, 0.717) is 19.3 Å². The third-order valence-electron chi connectivity index (χ3n) is 11.0. The van der Waals surface area contributed by atoms with Crippen LogP contribution in [0.3, 0.4) is 0 Å². The monoisotopic (exact) mass is 929 g/mol. The molecule has 64 heavy (non-hydrogen) atoms. The first-order valence-corrected chi connectivity index (χ1v) is 27.7. The fraction of sp³-hybridized carbons (Fsp3) is 0.833. The highest BCUT2D eigenvalue weighted by Crippen LogP contribution is 2.14. The summed E-state index contributed by atoms with van der Waals surface area (Å²) >= 11 is 0. The van der Waals surface area contributed by atoms with Crippen molar-refractivity contribution in [3.05, 3.63) is 36.5 Å². The van der Waals surface area contributed by atoms with Crippen LogP contribution in [0, 0.1) is 0 Å². The minimum Gasteiger partial charge on any atom is -0.481 e. The summed E-state index contributed by atoms with van der Waals surface area (Å²) in [5.41, 5.74) is 0. The number of aliphatic carboxylic acids is 3. The fourth-order valence-electron chi connectivity index (χ4n) is 7.04. The zero-order valence-corrected chi connectivity index (χ0v) is 42.9. The molecule has 380 valence electrons. The maximum atomic E-state index is 10.3. The van der Waals surface area contributed by atoms with E-state index in [1.54, 1.807) is 0 Å². The van der Waals surface area contributed by atoms with Crippen LogP contribution in [0.4, 0.5) is 0 Å². The van der Waals surface area contributed by atoms with E-state index in [1.807, 2.05) is 0 Å². The third-order valence-corrected chi connectivity index (χ3v) is 11.0. The smallest absolute Gasteiger partial charge is 0.324 e. The van der Waals surface area contributed by atoms with Gasteiger partial charge >= 0.3 is 26.5 Å². The predicted molar refractivity (Wildman–Crippen MR) is 275 cm³/mol. The van der Waals surface area contributed by atoms with Gasteiger partial charge in [0.1, 0.15) is 0 Å². The number of carboxylic acids is 3. The van der Waals surface area contributed by atoms with E-state index >= 15 is 0 Å². The quantitative estimate of drug-likeness (QED) is 0.0197. The Morgan fingerprint density at radius 2 is 0.422 bits per heavy atom. The second kappa shape index (κ2) is 65.2. The summed E-state index contributed by atoms with van der Waals surface area (Å²) in [5, 5.41) is 25.5. The predicted octanol–water partition coefficient (Wildman–Crippen LogP) is 17.5. The van der Waals surface area contributed by atoms with Gasteiger partial charge < -0.3 is 30.0 Å². The molecule has 0 saturated heterocycles. The molecular weight excluding hydrogens is 824 g/mol. The van der Waals surface area contributed by atoms with Gasteiger partial charge in [-0.05, 0) is 96.3 Å². The Morgan fingerprint density at radius 3 is 0.578 bits per heavy atom. The van der Waals surface area contributed by atoms with Gasteiger partial charge in [-0.1, -0.05) is 211 Å². The van der Waals surface area contributed by atoms with E-state index in [9.17, 15) is 14.4 Å². The average molecular weight is 929 g/mol. The second-order valence-corrected chi connectivity index (χ2v) is 18.0. The Balaban J connectivity index is -0.000000404. The van der Waals surface area contributed by atoms with Crippen LogP contribution in [0.1, 0.15) is 290 Å². The normalized spacial score (nSPS) is 11.1. The maximum absolute atomic E-state index is 10.3. The topological polar surface area (TPSA) is 173 Å². The van der Waals surface area contributed by atoms with Crippen molar-refractivity contribution < 1.29 is 44.4 Å².